The van der Waals surface area contributed by atoms with E-state index < -0.39 is 0 Å². The summed E-state index contributed by atoms with van der Waals surface area (Å²) in [5.41, 5.74) is 2.10. The highest BCUT2D eigenvalue weighted by Gasteiger charge is 2.20. The van der Waals surface area contributed by atoms with E-state index >= 15 is 0 Å². The van der Waals surface area contributed by atoms with Crippen LogP contribution in [0.25, 0.3) is 0 Å². The van der Waals surface area contributed by atoms with Gasteiger partial charge in [-0.05, 0) is 36.6 Å². The molecular formula is C12H14ClN3S. The molecule has 0 saturated heterocycles. The van der Waals surface area contributed by atoms with Gasteiger partial charge in [0, 0.05) is 5.02 Å². The van der Waals surface area contributed by atoms with Gasteiger partial charge < -0.3 is 5.32 Å². The summed E-state index contributed by atoms with van der Waals surface area (Å²) >= 11 is 7.66. The molecular weight excluding hydrogens is 254 g/mol. The standard InChI is InChI=1S/C12H14ClN3S/c1-3-10-12(17-16-15-10)11(14-2)8-6-4-5-7-9(8)13/h4-7,11,14H,3H2,1-2H3. The minimum absolute atomic E-state index is 0.0682. The Bertz CT molecular complexity index is 498. The first-order valence-corrected chi connectivity index (χ1v) is 6.65. The normalized spacial score (nSPS) is 12.6. The number of nitrogens with one attached hydrogen (secondary N) is 1. The molecule has 0 aliphatic carbocycles. The molecule has 0 amide bonds. The zero-order chi connectivity index (χ0) is 12.3. The highest BCUT2D eigenvalue weighted by Crippen LogP contribution is 2.31. The van der Waals surface area contributed by atoms with Crippen LogP contribution in [0.15, 0.2) is 24.3 Å². The average molecular weight is 268 g/mol. The van der Waals surface area contributed by atoms with Crippen molar-refractivity contribution in [2.45, 2.75) is 19.4 Å². The van der Waals surface area contributed by atoms with Crippen LogP contribution in [-0.4, -0.2) is 16.6 Å². The number of halogens is 1. The second kappa shape index (κ2) is 5.58. The molecule has 3 nitrogen and oxygen atoms in total. The number of aryl methyl sites for hydroxylation is 1. The number of benzene rings is 1. The second-order valence-corrected chi connectivity index (χ2v) is 4.87. The first kappa shape index (κ1) is 12.5. The van der Waals surface area contributed by atoms with Gasteiger partial charge in [-0.3, -0.25) is 0 Å². The van der Waals surface area contributed by atoms with E-state index in [1.54, 1.807) is 0 Å². The summed E-state index contributed by atoms with van der Waals surface area (Å²) in [6, 6.07) is 7.93. The summed E-state index contributed by atoms with van der Waals surface area (Å²) in [5.74, 6) is 0. The van der Waals surface area contributed by atoms with Gasteiger partial charge in [0.1, 0.15) is 0 Å². The van der Waals surface area contributed by atoms with Gasteiger partial charge in [0.15, 0.2) is 0 Å². The molecule has 0 bridgehead atoms. The van der Waals surface area contributed by atoms with Crippen molar-refractivity contribution in [1.29, 1.82) is 0 Å². The Morgan fingerprint density at radius 2 is 2.18 bits per heavy atom. The van der Waals surface area contributed by atoms with E-state index in [0.717, 1.165) is 27.6 Å². The molecule has 0 spiro atoms. The highest BCUT2D eigenvalue weighted by atomic mass is 35.5. The lowest BCUT2D eigenvalue weighted by molar-refractivity contribution is 0.693. The molecule has 1 aromatic carbocycles. The van der Waals surface area contributed by atoms with Crippen molar-refractivity contribution in [1.82, 2.24) is 14.9 Å². The van der Waals surface area contributed by atoms with Crippen LogP contribution in [0.4, 0.5) is 0 Å². The Hall–Kier alpha value is -0.970. The molecule has 0 saturated carbocycles. The SMILES string of the molecule is CCc1nnsc1C(NC)c1ccccc1Cl. The molecule has 0 fully saturated rings. The van der Waals surface area contributed by atoms with Gasteiger partial charge in [0.2, 0.25) is 0 Å². The molecule has 1 N–H and O–H groups in total. The quantitative estimate of drug-likeness (QED) is 0.925. The predicted octanol–water partition coefficient (Wildman–Crippen LogP) is 3.06. The van der Waals surface area contributed by atoms with Crippen molar-refractivity contribution in [2.24, 2.45) is 0 Å². The zero-order valence-corrected chi connectivity index (χ0v) is 11.3. The van der Waals surface area contributed by atoms with E-state index in [0.29, 0.717) is 0 Å². The molecule has 90 valence electrons. The molecule has 0 aliphatic heterocycles. The average Bonchev–Trinajstić information content (AvgIpc) is 2.81. The van der Waals surface area contributed by atoms with E-state index in [-0.39, 0.29) is 6.04 Å². The zero-order valence-electron chi connectivity index (χ0n) is 9.77. The van der Waals surface area contributed by atoms with E-state index in [1.165, 1.54) is 11.5 Å². The van der Waals surface area contributed by atoms with Crippen LogP contribution < -0.4 is 5.32 Å². The van der Waals surface area contributed by atoms with Crippen LogP contribution >= 0.6 is 23.1 Å². The lowest BCUT2D eigenvalue weighted by Gasteiger charge is -2.16. The van der Waals surface area contributed by atoms with Crippen LogP contribution in [0.5, 0.6) is 0 Å². The second-order valence-electron chi connectivity index (χ2n) is 3.68. The minimum atomic E-state index is 0.0682. The van der Waals surface area contributed by atoms with Crippen molar-refractivity contribution in [2.75, 3.05) is 7.05 Å². The lowest BCUT2D eigenvalue weighted by atomic mass is 10.0. The van der Waals surface area contributed by atoms with E-state index in [4.69, 9.17) is 11.6 Å². The maximum atomic E-state index is 6.23. The van der Waals surface area contributed by atoms with Crippen molar-refractivity contribution >= 4 is 23.1 Å². The van der Waals surface area contributed by atoms with Crippen molar-refractivity contribution < 1.29 is 0 Å². The number of rotatable bonds is 4. The Labute approximate surface area is 110 Å². The number of nitrogens with zero attached hydrogens (tertiary/aromatic N) is 2. The van der Waals surface area contributed by atoms with E-state index in [2.05, 4.69) is 21.8 Å². The van der Waals surface area contributed by atoms with Crippen molar-refractivity contribution in [3.8, 4) is 0 Å². The van der Waals surface area contributed by atoms with Crippen molar-refractivity contribution in [3.63, 3.8) is 0 Å². The third-order valence-electron chi connectivity index (χ3n) is 2.69. The molecule has 1 unspecified atom stereocenters. The van der Waals surface area contributed by atoms with Gasteiger partial charge in [-0.1, -0.05) is 41.2 Å². The fraction of sp³-hybridized carbons (Fsp3) is 0.333. The molecule has 2 rings (SSSR count). The summed E-state index contributed by atoms with van der Waals surface area (Å²) in [4.78, 5) is 1.14. The Balaban J connectivity index is 2.44. The highest BCUT2D eigenvalue weighted by molar-refractivity contribution is 7.05. The fourth-order valence-electron chi connectivity index (χ4n) is 1.82. The monoisotopic (exact) mass is 267 g/mol. The maximum Gasteiger partial charge on any atom is 0.0804 e. The van der Waals surface area contributed by atoms with Crippen LogP contribution in [0.2, 0.25) is 5.02 Å². The molecule has 0 radical (unpaired) electrons. The Morgan fingerprint density at radius 1 is 1.41 bits per heavy atom. The van der Waals surface area contributed by atoms with Crippen LogP contribution in [0.3, 0.4) is 0 Å². The summed E-state index contributed by atoms with van der Waals surface area (Å²) in [6.45, 7) is 2.08. The first-order valence-electron chi connectivity index (χ1n) is 5.50. The van der Waals surface area contributed by atoms with Crippen molar-refractivity contribution in [3.05, 3.63) is 45.4 Å². The molecule has 1 atom stereocenters. The first-order chi connectivity index (χ1) is 8.27. The number of aromatic nitrogens is 2. The third kappa shape index (κ3) is 2.49. The Morgan fingerprint density at radius 3 is 2.82 bits per heavy atom. The number of hydrogen-bond acceptors (Lipinski definition) is 4. The lowest BCUT2D eigenvalue weighted by Crippen LogP contribution is -2.18. The maximum absolute atomic E-state index is 6.23. The van der Waals surface area contributed by atoms with Gasteiger partial charge in [-0.15, -0.1) is 5.10 Å². The third-order valence-corrected chi connectivity index (χ3v) is 3.86. The molecule has 0 aliphatic rings. The predicted molar refractivity (Wildman–Crippen MR) is 71.6 cm³/mol. The largest absolute Gasteiger partial charge is 0.309 e. The topological polar surface area (TPSA) is 37.8 Å². The van der Waals surface area contributed by atoms with E-state index in [1.807, 2.05) is 31.3 Å². The fourth-order valence-corrected chi connectivity index (χ4v) is 2.93. The van der Waals surface area contributed by atoms with E-state index in [9.17, 15) is 0 Å². The van der Waals surface area contributed by atoms with Gasteiger partial charge in [0.05, 0.1) is 16.6 Å². The van der Waals surface area contributed by atoms with Gasteiger partial charge in [0.25, 0.3) is 0 Å². The molecule has 1 aromatic heterocycles. The van der Waals surface area contributed by atoms with Gasteiger partial charge >= 0.3 is 0 Å². The summed E-state index contributed by atoms with van der Waals surface area (Å²) in [7, 11) is 1.92. The molecule has 1 heterocycles. The minimum Gasteiger partial charge on any atom is -0.309 e. The number of hydrogen-bond donors (Lipinski definition) is 1. The van der Waals surface area contributed by atoms with Crippen LogP contribution in [0, 0.1) is 0 Å². The smallest absolute Gasteiger partial charge is 0.0804 e. The summed E-state index contributed by atoms with van der Waals surface area (Å²) < 4.78 is 4.03. The summed E-state index contributed by atoms with van der Waals surface area (Å²) in [5, 5.41) is 8.19. The van der Waals surface area contributed by atoms with Crippen LogP contribution in [-0.2, 0) is 6.42 Å². The van der Waals surface area contributed by atoms with Gasteiger partial charge in [-0.2, -0.15) is 0 Å². The van der Waals surface area contributed by atoms with Gasteiger partial charge in [-0.25, -0.2) is 0 Å². The molecule has 2 aromatic rings. The molecule has 5 heteroatoms. The molecule has 17 heavy (non-hydrogen) atoms. The Kier molecular flexibility index (Phi) is 4.10. The van der Waals surface area contributed by atoms with Crippen LogP contribution in [0.1, 0.15) is 29.1 Å². The summed E-state index contributed by atoms with van der Waals surface area (Å²) in [6.07, 6.45) is 0.883.